The summed E-state index contributed by atoms with van der Waals surface area (Å²) in [6, 6.07) is 9.35. The van der Waals surface area contributed by atoms with Crippen molar-refractivity contribution in [3.05, 3.63) is 86.6 Å². The Labute approximate surface area is 222 Å². The van der Waals surface area contributed by atoms with Gasteiger partial charge in [-0.15, -0.1) is 11.3 Å². The summed E-state index contributed by atoms with van der Waals surface area (Å²) < 4.78 is 50.6. The SMILES string of the molecule is COCCS(=O)(=O)Nc1ccc(C2=C(C(=O)OC)C(c3ccc(F)cc3Cl)N=C(c3nccs3)N2)cc1. The van der Waals surface area contributed by atoms with Gasteiger partial charge in [-0.1, -0.05) is 29.8 Å². The molecule has 1 unspecified atom stereocenters. The van der Waals surface area contributed by atoms with E-state index in [1.165, 1.54) is 37.7 Å². The molecule has 0 radical (unpaired) electrons. The van der Waals surface area contributed by atoms with Crippen LogP contribution >= 0.6 is 22.9 Å². The van der Waals surface area contributed by atoms with Gasteiger partial charge in [0.05, 0.1) is 30.7 Å². The number of anilines is 1. The van der Waals surface area contributed by atoms with Crippen LogP contribution in [-0.4, -0.2) is 51.8 Å². The molecule has 1 aliphatic rings. The summed E-state index contributed by atoms with van der Waals surface area (Å²) in [6.45, 7) is 0.0545. The minimum atomic E-state index is -3.60. The van der Waals surface area contributed by atoms with Gasteiger partial charge in [0.25, 0.3) is 0 Å². The number of rotatable bonds is 9. The first-order valence-electron chi connectivity index (χ1n) is 10.8. The second kappa shape index (κ2) is 11.4. The zero-order chi connectivity index (χ0) is 26.6. The van der Waals surface area contributed by atoms with E-state index in [0.29, 0.717) is 33.4 Å². The van der Waals surface area contributed by atoms with E-state index in [-0.39, 0.29) is 23.0 Å². The fraction of sp³-hybridized carbons (Fsp3) is 0.208. The Kier molecular flexibility index (Phi) is 8.22. The van der Waals surface area contributed by atoms with Crippen LogP contribution in [0.1, 0.15) is 22.2 Å². The average Bonchev–Trinajstić information content (AvgIpc) is 3.42. The van der Waals surface area contributed by atoms with Crippen molar-refractivity contribution in [1.29, 1.82) is 0 Å². The lowest BCUT2D eigenvalue weighted by Gasteiger charge is -2.27. The van der Waals surface area contributed by atoms with Crippen LogP contribution in [0.5, 0.6) is 0 Å². The van der Waals surface area contributed by atoms with Crippen molar-refractivity contribution in [2.45, 2.75) is 6.04 Å². The number of halogens is 2. The number of aromatic nitrogens is 1. The summed E-state index contributed by atoms with van der Waals surface area (Å²) in [6.07, 6.45) is 1.62. The van der Waals surface area contributed by atoms with Crippen molar-refractivity contribution in [2.75, 3.05) is 31.3 Å². The number of methoxy groups -OCH3 is 2. The Morgan fingerprint density at radius 2 is 1.97 bits per heavy atom. The van der Waals surface area contributed by atoms with Crippen LogP contribution in [0.15, 0.2) is 64.6 Å². The second-order valence-corrected chi connectivity index (χ2v) is 10.9. The molecule has 2 N–H and O–H groups in total. The lowest BCUT2D eigenvalue weighted by atomic mass is 9.93. The first-order chi connectivity index (χ1) is 17.7. The van der Waals surface area contributed by atoms with E-state index in [2.05, 4.69) is 15.0 Å². The summed E-state index contributed by atoms with van der Waals surface area (Å²) in [4.78, 5) is 22.0. The summed E-state index contributed by atoms with van der Waals surface area (Å²) in [5.41, 5.74) is 1.80. The number of sulfonamides is 1. The van der Waals surface area contributed by atoms with E-state index < -0.39 is 27.9 Å². The van der Waals surface area contributed by atoms with Crippen molar-refractivity contribution in [3.63, 3.8) is 0 Å². The fourth-order valence-electron chi connectivity index (χ4n) is 3.63. The number of nitrogens with zero attached hydrogens (tertiary/aromatic N) is 2. The van der Waals surface area contributed by atoms with E-state index >= 15 is 0 Å². The molecule has 3 aromatic rings. The number of thiazole rings is 1. The zero-order valence-corrected chi connectivity index (χ0v) is 22.1. The van der Waals surface area contributed by atoms with Crippen LogP contribution < -0.4 is 10.0 Å². The van der Waals surface area contributed by atoms with Gasteiger partial charge in [0.2, 0.25) is 10.0 Å². The molecule has 0 aliphatic carbocycles. The maximum absolute atomic E-state index is 13.8. The highest BCUT2D eigenvalue weighted by atomic mass is 35.5. The van der Waals surface area contributed by atoms with Crippen LogP contribution in [0.25, 0.3) is 5.70 Å². The molecule has 0 bridgehead atoms. The molecule has 0 fully saturated rings. The molecule has 1 aliphatic heterocycles. The Bertz CT molecular complexity index is 1460. The van der Waals surface area contributed by atoms with Crippen LogP contribution in [0.3, 0.4) is 0 Å². The molecule has 9 nitrogen and oxygen atoms in total. The van der Waals surface area contributed by atoms with E-state index in [4.69, 9.17) is 26.1 Å². The number of aliphatic imine (C=N–C) groups is 1. The molecule has 0 spiro atoms. The standard InChI is InChI=1S/C24H22ClFN4O5S2/c1-34-10-12-37(32,33)30-16-6-3-14(4-7-16)20-19(24(31)35-2)21(17-8-5-15(26)13-18(17)25)29-22(28-20)23-27-9-11-36-23/h3-9,11,13,21,30H,10,12H2,1-2H3,(H,28,29). The third-order valence-electron chi connectivity index (χ3n) is 5.34. The van der Waals surface area contributed by atoms with Gasteiger partial charge >= 0.3 is 5.97 Å². The van der Waals surface area contributed by atoms with Crippen LogP contribution in [0, 0.1) is 5.82 Å². The van der Waals surface area contributed by atoms with Gasteiger partial charge in [0, 0.05) is 35.0 Å². The second-order valence-electron chi connectivity index (χ2n) is 7.78. The summed E-state index contributed by atoms with van der Waals surface area (Å²) in [5, 5.41) is 5.60. The smallest absolute Gasteiger partial charge is 0.338 e. The van der Waals surface area contributed by atoms with E-state index in [9.17, 15) is 17.6 Å². The van der Waals surface area contributed by atoms with E-state index in [1.807, 2.05) is 0 Å². The van der Waals surface area contributed by atoms with E-state index in [1.54, 1.807) is 35.8 Å². The number of carbonyl (C=O) groups excluding carboxylic acids is 1. The average molecular weight is 565 g/mol. The molecule has 1 aromatic heterocycles. The molecule has 1 atom stereocenters. The lowest BCUT2D eigenvalue weighted by Crippen LogP contribution is -2.33. The number of esters is 1. The number of hydrogen-bond acceptors (Lipinski definition) is 9. The number of carbonyl (C=O) groups is 1. The number of ether oxygens (including phenoxy) is 2. The summed E-state index contributed by atoms with van der Waals surface area (Å²) in [7, 11) is -0.938. The topological polar surface area (TPSA) is 119 Å². The number of hydrogen-bond donors (Lipinski definition) is 2. The number of nitrogens with one attached hydrogen (secondary N) is 2. The van der Waals surface area contributed by atoms with E-state index in [0.717, 1.165) is 6.07 Å². The largest absolute Gasteiger partial charge is 0.466 e. The maximum atomic E-state index is 13.8. The van der Waals surface area contributed by atoms with Gasteiger partial charge < -0.3 is 14.8 Å². The predicted octanol–water partition coefficient (Wildman–Crippen LogP) is 4.00. The van der Waals surface area contributed by atoms with Crippen LogP contribution in [0.2, 0.25) is 5.02 Å². The molecule has 0 amide bonds. The lowest BCUT2D eigenvalue weighted by molar-refractivity contribution is -0.136. The predicted molar refractivity (Wildman–Crippen MR) is 141 cm³/mol. The van der Waals surface area contributed by atoms with Crippen molar-refractivity contribution in [2.24, 2.45) is 4.99 Å². The third-order valence-corrected chi connectivity index (χ3v) is 7.70. The molecular weight excluding hydrogens is 543 g/mol. The number of benzene rings is 2. The van der Waals surface area contributed by atoms with Gasteiger partial charge in [-0.25, -0.2) is 22.6 Å². The van der Waals surface area contributed by atoms with Crippen molar-refractivity contribution >= 4 is 56.2 Å². The quantitative estimate of drug-likeness (QED) is 0.377. The Morgan fingerprint density at radius 1 is 1.22 bits per heavy atom. The normalized spacial score (nSPS) is 15.7. The highest BCUT2D eigenvalue weighted by molar-refractivity contribution is 7.92. The Morgan fingerprint density at radius 3 is 2.59 bits per heavy atom. The maximum Gasteiger partial charge on any atom is 0.338 e. The Hall–Kier alpha value is -3.32. The van der Waals surface area contributed by atoms with Gasteiger partial charge in [-0.2, -0.15) is 0 Å². The van der Waals surface area contributed by atoms with Gasteiger partial charge in [-0.3, -0.25) is 9.71 Å². The highest BCUT2D eigenvalue weighted by Gasteiger charge is 2.34. The molecule has 4 rings (SSSR count). The molecule has 2 aromatic carbocycles. The van der Waals surface area contributed by atoms with Crippen LogP contribution in [-0.2, 0) is 24.3 Å². The molecule has 194 valence electrons. The Balaban J connectivity index is 1.81. The number of amidine groups is 1. The van der Waals surface area contributed by atoms with Crippen LogP contribution in [0.4, 0.5) is 10.1 Å². The highest BCUT2D eigenvalue weighted by Crippen LogP contribution is 2.39. The van der Waals surface area contributed by atoms with Gasteiger partial charge in [0.15, 0.2) is 10.8 Å². The third kappa shape index (κ3) is 6.16. The fourth-order valence-corrected chi connectivity index (χ4v) is 5.47. The van der Waals surface area contributed by atoms with Crippen molar-refractivity contribution in [1.82, 2.24) is 10.3 Å². The minimum absolute atomic E-state index is 0.0545. The molecule has 0 saturated heterocycles. The van der Waals surface area contributed by atoms with Crippen molar-refractivity contribution in [3.8, 4) is 0 Å². The van der Waals surface area contributed by atoms with Crippen molar-refractivity contribution < 1.29 is 27.1 Å². The monoisotopic (exact) mass is 564 g/mol. The van der Waals surface area contributed by atoms with Gasteiger partial charge in [-0.05, 0) is 29.8 Å². The zero-order valence-electron chi connectivity index (χ0n) is 19.7. The first kappa shape index (κ1) is 26.7. The minimum Gasteiger partial charge on any atom is -0.466 e. The molecule has 2 heterocycles. The molecule has 13 heteroatoms. The summed E-state index contributed by atoms with van der Waals surface area (Å²) >= 11 is 7.71. The van der Waals surface area contributed by atoms with Gasteiger partial charge in [0.1, 0.15) is 11.9 Å². The molecular formula is C24H22ClFN4O5S2. The molecule has 37 heavy (non-hydrogen) atoms. The molecule has 0 saturated carbocycles. The summed E-state index contributed by atoms with van der Waals surface area (Å²) in [5.74, 6) is -1.01. The first-order valence-corrected chi connectivity index (χ1v) is 13.8.